The van der Waals surface area contributed by atoms with Gasteiger partial charge < -0.3 is 10.3 Å². The summed E-state index contributed by atoms with van der Waals surface area (Å²) in [7, 11) is 0. The van der Waals surface area contributed by atoms with Crippen molar-refractivity contribution in [3.05, 3.63) is 16.8 Å². The van der Waals surface area contributed by atoms with E-state index in [1.54, 1.807) is 5.51 Å². The number of nitrogens with two attached hydrogens (primary N) is 1. The fraction of sp³-hybridized carbons (Fsp3) is 0.500. The molecule has 0 bridgehead atoms. The van der Waals surface area contributed by atoms with Crippen molar-refractivity contribution < 1.29 is 4.52 Å². The lowest BCUT2D eigenvalue weighted by Crippen LogP contribution is -2.18. The third kappa shape index (κ3) is 2.12. The van der Waals surface area contributed by atoms with Crippen LogP contribution in [0.2, 0.25) is 0 Å². The summed E-state index contributed by atoms with van der Waals surface area (Å²) in [6.45, 7) is 4.69. The fourth-order valence-electron chi connectivity index (χ4n) is 1.47. The smallest absolute Gasteiger partial charge is 0.231 e. The van der Waals surface area contributed by atoms with Crippen molar-refractivity contribution in [2.75, 3.05) is 6.54 Å². The molecule has 0 fully saturated rings. The molecule has 2 heterocycles. The van der Waals surface area contributed by atoms with Crippen LogP contribution in [0.5, 0.6) is 0 Å². The van der Waals surface area contributed by atoms with Crippen LogP contribution in [-0.2, 0) is 0 Å². The second-order valence-corrected chi connectivity index (χ2v) is 4.63. The molecule has 0 spiro atoms. The van der Waals surface area contributed by atoms with Crippen LogP contribution in [0.4, 0.5) is 0 Å². The number of aromatic nitrogens is 3. The van der Waals surface area contributed by atoms with E-state index in [0.717, 1.165) is 5.69 Å². The molecule has 0 aliphatic heterocycles. The van der Waals surface area contributed by atoms with E-state index in [9.17, 15) is 0 Å². The van der Waals surface area contributed by atoms with Gasteiger partial charge in [0.05, 0.1) is 11.4 Å². The Morgan fingerprint density at radius 1 is 1.50 bits per heavy atom. The van der Waals surface area contributed by atoms with E-state index in [2.05, 4.69) is 29.0 Å². The molecule has 6 heteroatoms. The van der Waals surface area contributed by atoms with Crippen molar-refractivity contribution in [3.8, 4) is 11.5 Å². The largest absolute Gasteiger partial charge is 0.339 e. The quantitative estimate of drug-likeness (QED) is 0.880. The molecule has 0 amide bonds. The first-order chi connectivity index (χ1) is 7.72. The molecule has 5 nitrogen and oxygen atoms in total. The van der Waals surface area contributed by atoms with Crippen LogP contribution in [0, 0.1) is 5.92 Å². The van der Waals surface area contributed by atoms with Gasteiger partial charge in [-0.2, -0.15) is 4.98 Å². The Morgan fingerprint density at radius 2 is 2.31 bits per heavy atom. The Kier molecular flexibility index (Phi) is 3.31. The molecule has 0 radical (unpaired) electrons. The third-order valence-corrected chi connectivity index (χ3v) is 3.07. The van der Waals surface area contributed by atoms with Crippen LogP contribution in [0.1, 0.15) is 25.7 Å². The number of rotatable bonds is 4. The first kappa shape index (κ1) is 11.2. The summed E-state index contributed by atoms with van der Waals surface area (Å²) < 4.78 is 5.23. The molecule has 0 saturated carbocycles. The first-order valence-corrected chi connectivity index (χ1v) is 6.09. The molecule has 1 unspecified atom stereocenters. The molecule has 2 N–H and O–H groups in total. The molecular formula is C10H14N4OS. The van der Waals surface area contributed by atoms with E-state index >= 15 is 0 Å². The monoisotopic (exact) mass is 238 g/mol. The van der Waals surface area contributed by atoms with E-state index in [-0.39, 0.29) is 5.92 Å². The average Bonchev–Trinajstić information content (AvgIpc) is 2.86. The van der Waals surface area contributed by atoms with Gasteiger partial charge in [-0.1, -0.05) is 19.0 Å². The normalized spacial score (nSPS) is 13.2. The number of hydrogen-bond acceptors (Lipinski definition) is 6. The second-order valence-electron chi connectivity index (χ2n) is 3.92. The van der Waals surface area contributed by atoms with E-state index in [0.29, 0.717) is 24.2 Å². The maximum absolute atomic E-state index is 5.69. The number of hydrogen-bond donors (Lipinski definition) is 1. The van der Waals surface area contributed by atoms with Crippen molar-refractivity contribution in [2.24, 2.45) is 11.7 Å². The summed E-state index contributed by atoms with van der Waals surface area (Å²) in [6.07, 6.45) is 0. The Hall–Kier alpha value is -1.27. The highest BCUT2D eigenvalue weighted by Crippen LogP contribution is 2.24. The van der Waals surface area contributed by atoms with Gasteiger partial charge >= 0.3 is 0 Å². The van der Waals surface area contributed by atoms with Gasteiger partial charge in [0.2, 0.25) is 11.7 Å². The summed E-state index contributed by atoms with van der Waals surface area (Å²) in [5.74, 6) is 1.63. The van der Waals surface area contributed by atoms with Crippen LogP contribution < -0.4 is 5.73 Å². The lowest BCUT2D eigenvalue weighted by Gasteiger charge is -2.13. The lowest BCUT2D eigenvalue weighted by atomic mass is 9.96. The second kappa shape index (κ2) is 4.71. The third-order valence-electron chi connectivity index (χ3n) is 2.48. The highest BCUT2D eigenvalue weighted by molar-refractivity contribution is 7.07. The predicted molar refractivity (Wildman–Crippen MR) is 62.0 cm³/mol. The van der Waals surface area contributed by atoms with Gasteiger partial charge in [-0.15, -0.1) is 11.3 Å². The maximum Gasteiger partial charge on any atom is 0.231 e. The van der Waals surface area contributed by atoms with Gasteiger partial charge in [-0.3, -0.25) is 0 Å². The Morgan fingerprint density at radius 3 is 2.88 bits per heavy atom. The van der Waals surface area contributed by atoms with Crippen molar-refractivity contribution in [2.45, 2.75) is 19.8 Å². The number of nitrogens with zero attached hydrogens (tertiary/aromatic N) is 3. The molecule has 2 aromatic heterocycles. The molecule has 0 aliphatic rings. The SMILES string of the molecule is CC(C)C(CN)c1nc(-c2cscn2)no1. The summed E-state index contributed by atoms with van der Waals surface area (Å²) in [5, 5.41) is 5.80. The van der Waals surface area contributed by atoms with Crippen LogP contribution in [0.25, 0.3) is 11.5 Å². The Balaban J connectivity index is 2.25. The van der Waals surface area contributed by atoms with Crippen molar-refractivity contribution >= 4 is 11.3 Å². The van der Waals surface area contributed by atoms with E-state index in [4.69, 9.17) is 10.3 Å². The molecule has 86 valence electrons. The van der Waals surface area contributed by atoms with Gasteiger partial charge in [-0.25, -0.2) is 4.98 Å². The minimum atomic E-state index is 0.111. The zero-order valence-electron chi connectivity index (χ0n) is 9.25. The summed E-state index contributed by atoms with van der Waals surface area (Å²) in [5.41, 5.74) is 8.19. The molecule has 2 rings (SSSR count). The van der Waals surface area contributed by atoms with Crippen LogP contribution in [0.15, 0.2) is 15.4 Å². The van der Waals surface area contributed by atoms with Crippen molar-refractivity contribution in [1.29, 1.82) is 0 Å². The lowest BCUT2D eigenvalue weighted by molar-refractivity contribution is 0.324. The van der Waals surface area contributed by atoms with Crippen molar-refractivity contribution in [1.82, 2.24) is 15.1 Å². The maximum atomic E-state index is 5.69. The molecule has 0 saturated heterocycles. The zero-order chi connectivity index (χ0) is 11.5. The van der Waals surface area contributed by atoms with E-state index < -0.39 is 0 Å². The fourth-order valence-corrected chi connectivity index (χ4v) is 2.00. The summed E-state index contributed by atoms with van der Waals surface area (Å²) in [4.78, 5) is 8.46. The van der Waals surface area contributed by atoms with Crippen molar-refractivity contribution in [3.63, 3.8) is 0 Å². The average molecular weight is 238 g/mol. The van der Waals surface area contributed by atoms with Crippen LogP contribution in [-0.4, -0.2) is 21.7 Å². The molecule has 2 aromatic rings. The van der Waals surface area contributed by atoms with E-state index in [1.807, 2.05) is 5.38 Å². The minimum absolute atomic E-state index is 0.111. The molecule has 0 aliphatic carbocycles. The highest BCUT2D eigenvalue weighted by atomic mass is 32.1. The van der Waals surface area contributed by atoms with Crippen LogP contribution in [0.3, 0.4) is 0 Å². The van der Waals surface area contributed by atoms with Gasteiger partial charge in [-0.05, 0) is 5.92 Å². The van der Waals surface area contributed by atoms with Crippen LogP contribution >= 0.6 is 11.3 Å². The Bertz CT molecular complexity index is 437. The first-order valence-electron chi connectivity index (χ1n) is 5.14. The Labute approximate surface area is 97.7 Å². The minimum Gasteiger partial charge on any atom is -0.339 e. The molecule has 1 atom stereocenters. The number of thiazole rings is 1. The molecular weight excluding hydrogens is 224 g/mol. The van der Waals surface area contributed by atoms with Gasteiger partial charge in [0.15, 0.2) is 0 Å². The summed E-state index contributed by atoms with van der Waals surface area (Å²) >= 11 is 1.51. The highest BCUT2D eigenvalue weighted by Gasteiger charge is 2.21. The predicted octanol–water partition coefficient (Wildman–Crippen LogP) is 1.89. The standard InChI is InChI=1S/C10H14N4OS/c1-6(2)7(3-11)10-13-9(14-15-10)8-4-16-5-12-8/h4-7H,3,11H2,1-2H3. The zero-order valence-corrected chi connectivity index (χ0v) is 10.1. The molecule has 0 aromatic carbocycles. The van der Waals surface area contributed by atoms with Gasteiger partial charge in [0.1, 0.15) is 5.69 Å². The molecule has 16 heavy (non-hydrogen) atoms. The summed E-state index contributed by atoms with van der Waals surface area (Å²) in [6, 6.07) is 0. The van der Waals surface area contributed by atoms with E-state index in [1.165, 1.54) is 11.3 Å². The topological polar surface area (TPSA) is 77.8 Å². The van der Waals surface area contributed by atoms with Gasteiger partial charge in [0.25, 0.3) is 0 Å². The van der Waals surface area contributed by atoms with Gasteiger partial charge in [0, 0.05) is 11.9 Å².